The summed E-state index contributed by atoms with van der Waals surface area (Å²) in [5, 5.41) is 4.68. The number of nitrogens with one attached hydrogen (secondary N) is 1. The van der Waals surface area contributed by atoms with E-state index in [9.17, 15) is 9.59 Å². The molecule has 174 valence electrons. The number of nitrogens with zero attached hydrogens (tertiary/aromatic N) is 1. The number of rotatable bonds is 11. The highest BCUT2D eigenvalue weighted by molar-refractivity contribution is 7.99. The average Bonchev–Trinajstić information content (AvgIpc) is 2.76. The summed E-state index contributed by atoms with van der Waals surface area (Å²) in [6, 6.07) is 12.2. The molecule has 2 rings (SSSR count). The Bertz CT molecular complexity index is 909. The quantitative estimate of drug-likeness (QED) is 0.333. The van der Waals surface area contributed by atoms with Gasteiger partial charge in [-0.2, -0.15) is 0 Å². The lowest BCUT2D eigenvalue weighted by atomic mass is 10.1. The maximum absolute atomic E-state index is 13.3. The lowest BCUT2D eigenvalue weighted by molar-refractivity contribution is -0.141. The second kappa shape index (κ2) is 13.3. The standard InChI is InChI=1S/C24H29Cl3N2O2S/c1-4-16(3)28-24(31)22(5-2)29(15-17-6-7-19(26)14-21(17)27)23(30)12-13-32-20-10-8-18(25)9-11-20/h6-11,14,16,22H,4-5,12-13,15H2,1-3H3,(H,28,31)/t16-,22+/m0/s1. The fraction of sp³-hybridized carbons (Fsp3) is 0.417. The average molecular weight is 516 g/mol. The van der Waals surface area contributed by atoms with Crippen LogP contribution in [0.15, 0.2) is 47.4 Å². The molecule has 4 nitrogen and oxygen atoms in total. The summed E-state index contributed by atoms with van der Waals surface area (Å²) in [6.07, 6.45) is 1.62. The first-order valence-electron chi connectivity index (χ1n) is 10.7. The van der Waals surface area contributed by atoms with E-state index in [0.29, 0.717) is 33.7 Å². The normalized spacial score (nSPS) is 12.8. The molecule has 0 heterocycles. The van der Waals surface area contributed by atoms with Crippen molar-refractivity contribution >= 4 is 58.4 Å². The smallest absolute Gasteiger partial charge is 0.243 e. The molecule has 0 aliphatic carbocycles. The zero-order valence-corrected chi connectivity index (χ0v) is 21.6. The van der Waals surface area contributed by atoms with E-state index in [1.807, 2.05) is 45.0 Å². The Kier molecular flexibility index (Phi) is 11.2. The highest BCUT2D eigenvalue weighted by Gasteiger charge is 2.29. The van der Waals surface area contributed by atoms with Crippen molar-refractivity contribution < 1.29 is 9.59 Å². The summed E-state index contributed by atoms with van der Waals surface area (Å²) in [5.74, 6) is 0.351. The molecule has 2 amide bonds. The summed E-state index contributed by atoms with van der Waals surface area (Å²) >= 11 is 19.9. The van der Waals surface area contributed by atoms with Gasteiger partial charge in [0.25, 0.3) is 0 Å². The number of halogens is 3. The molecule has 0 radical (unpaired) electrons. The summed E-state index contributed by atoms with van der Waals surface area (Å²) < 4.78 is 0. The molecule has 0 aliphatic heterocycles. The molecule has 0 aromatic heterocycles. The van der Waals surface area contributed by atoms with Crippen molar-refractivity contribution in [3.63, 3.8) is 0 Å². The Balaban J connectivity index is 2.17. The van der Waals surface area contributed by atoms with Gasteiger partial charge in [-0.1, -0.05) is 54.7 Å². The fourth-order valence-electron chi connectivity index (χ4n) is 3.12. The van der Waals surface area contributed by atoms with E-state index in [4.69, 9.17) is 34.8 Å². The molecule has 2 atom stereocenters. The lowest BCUT2D eigenvalue weighted by Gasteiger charge is -2.31. The van der Waals surface area contributed by atoms with Crippen LogP contribution in [-0.2, 0) is 16.1 Å². The molecule has 2 aromatic carbocycles. The number of carbonyl (C=O) groups excluding carboxylic acids is 2. The van der Waals surface area contributed by atoms with Crippen LogP contribution in [0.1, 0.15) is 45.6 Å². The zero-order chi connectivity index (χ0) is 23.7. The second-order valence-electron chi connectivity index (χ2n) is 7.55. The molecule has 0 fully saturated rings. The molecular formula is C24H29Cl3N2O2S. The molecule has 0 saturated heterocycles. The molecule has 8 heteroatoms. The van der Waals surface area contributed by atoms with Crippen molar-refractivity contribution in [2.45, 2.75) is 63.6 Å². The highest BCUT2D eigenvalue weighted by Crippen LogP contribution is 2.25. The van der Waals surface area contributed by atoms with Crippen LogP contribution in [-0.4, -0.2) is 34.6 Å². The zero-order valence-electron chi connectivity index (χ0n) is 18.5. The third-order valence-electron chi connectivity index (χ3n) is 5.14. The van der Waals surface area contributed by atoms with Crippen molar-refractivity contribution in [1.82, 2.24) is 10.2 Å². The van der Waals surface area contributed by atoms with Crippen molar-refractivity contribution in [1.29, 1.82) is 0 Å². The number of amides is 2. The molecule has 0 saturated carbocycles. The Morgan fingerprint density at radius 1 is 1.00 bits per heavy atom. The largest absolute Gasteiger partial charge is 0.352 e. The monoisotopic (exact) mass is 514 g/mol. The van der Waals surface area contributed by atoms with E-state index in [1.54, 1.807) is 34.9 Å². The van der Waals surface area contributed by atoms with Crippen molar-refractivity contribution in [2.24, 2.45) is 0 Å². The van der Waals surface area contributed by atoms with Crippen molar-refractivity contribution in [3.8, 4) is 0 Å². The van der Waals surface area contributed by atoms with Gasteiger partial charge >= 0.3 is 0 Å². The predicted octanol–water partition coefficient (Wildman–Crippen LogP) is 6.85. The van der Waals surface area contributed by atoms with Crippen molar-refractivity contribution in [3.05, 3.63) is 63.1 Å². The molecular weight excluding hydrogens is 487 g/mol. The van der Waals surface area contributed by atoms with Crippen LogP contribution in [0.3, 0.4) is 0 Å². The Labute approximate surface area is 210 Å². The van der Waals surface area contributed by atoms with Crippen LogP contribution in [0, 0.1) is 0 Å². The summed E-state index contributed by atoms with van der Waals surface area (Å²) in [6.45, 7) is 6.12. The van der Waals surface area contributed by atoms with Crippen LogP contribution in [0.4, 0.5) is 0 Å². The van der Waals surface area contributed by atoms with Crippen molar-refractivity contribution in [2.75, 3.05) is 5.75 Å². The van der Waals surface area contributed by atoms with Crippen LogP contribution < -0.4 is 5.32 Å². The van der Waals surface area contributed by atoms with Gasteiger partial charge in [0, 0.05) is 44.7 Å². The minimum absolute atomic E-state index is 0.0353. The van der Waals surface area contributed by atoms with Crippen LogP contribution in [0.2, 0.25) is 15.1 Å². The van der Waals surface area contributed by atoms with E-state index < -0.39 is 6.04 Å². The van der Waals surface area contributed by atoms with E-state index in [1.165, 1.54) is 0 Å². The van der Waals surface area contributed by atoms with Crippen LogP contribution >= 0.6 is 46.6 Å². The van der Waals surface area contributed by atoms with Gasteiger partial charge in [0.1, 0.15) is 6.04 Å². The van der Waals surface area contributed by atoms with Gasteiger partial charge in [-0.3, -0.25) is 9.59 Å². The minimum Gasteiger partial charge on any atom is -0.352 e. The summed E-state index contributed by atoms with van der Waals surface area (Å²) in [4.78, 5) is 28.9. The molecule has 0 unspecified atom stereocenters. The third kappa shape index (κ3) is 8.18. The van der Waals surface area contributed by atoms with Gasteiger partial charge in [-0.05, 0) is 61.7 Å². The second-order valence-corrected chi connectivity index (χ2v) is 10.0. The van der Waals surface area contributed by atoms with E-state index in [-0.39, 0.29) is 24.4 Å². The minimum atomic E-state index is -0.580. The maximum atomic E-state index is 13.3. The molecule has 2 aromatic rings. The van der Waals surface area contributed by atoms with Crippen LogP contribution in [0.5, 0.6) is 0 Å². The number of hydrogen-bond donors (Lipinski definition) is 1. The van der Waals surface area contributed by atoms with E-state index in [0.717, 1.165) is 16.9 Å². The Morgan fingerprint density at radius 3 is 2.25 bits per heavy atom. The molecule has 0 spiro atoms. The van der Waals surface area contributed by atoms with Gasteiger partial charge in [-0.25, -0.2) is 0 Å². The molecule has 0 bridgehead atoms. The SMILES string of the molecule is CC[C@H](C(=O)N[C@@H](C)CC)N(Cc1ccc(Cl)cc1Cl)C(=O)CCSc1ccc(Cl)cc1. The number of thioether (sulfide) groups is 1. The van der Waals surface area contributed by atoms with Gasteiger partial charge in [0.15, 0.2) is 0 Å². The fourth-order valence-corrected chi connectivity index (χ4v) is 4.56. The topological polar surface area (TPSA) is 49.4 Å². The van der Waals surface area contributed by atoms with Gasteiger partial charge < -0.3 is 10.2 Å². The number of hydrogen-bond acceptors (Lipinski definition) is 3. The summed E-state index contributed by atoms with van der Waals surface area (Å²) in [7, 11) is 0. The number of benzene rings is 2. The first kappa shape index (κ1) is 26.8. The van der Waals surface area contributed by atoms with Gasteiger partial charge in [0.05, 0.1) is 0 Å². The molecule has 0 aliphatic rings. The lowest BCUT2D eigenvalue weighted by Crippen LogP contribution is -2.50. The predicted molar refractivity (Wildman–Crippen MR) is 136 cm³/mol. The Hall–Kier alpha value is -1.40. The first-order valence-corrected chi connectivity index (χ1v) is 12.8. The molecule has 1 N–H and O–H groups in total. The maximum Gasteiger partial charge on any atom is 0.243 e. The first-order chi connectivity index (χ1) is 15.2. The van der Waals surface area contributed by atoms with E-state index in [2.05, 4.69) is 5.32 Å². The number of carbonyl (C=O) groups is 2. The van der Waals surface area contributed by atoms with E-state index >= 15 is 0 Å². The molecule has 32 heavy (non-hydrogen) atoms. The third-order valence-corrected chi connectivity index (χ3v) is 6.99. The highest BCUT2D eigenvalue weighted by atomic mass is 35.5. The van der Waals surface area contributed by atoms with Gasteiger partial charge in [-0.15, -0.1) is 11.8 Å². The van der Waals surface area contributed by atoms with Gasteiger partial charge in [0.2, 0.25) is 11.8 Å². The Morgan fingerprint density at radius 2 is 1.66 bits per heavy atom. The summed E-state index contributed by atoms with van der Waals surface area (Å²) in [5.41, 5.74) is 0.754. The van der Waals surface area contributed by atoms with Crippen LogP contribution in [0.25, 0.3) is 0 Å².